The summed E-state index contributed by atoms with van der Waals surface area (Å²) < 4.78 is 2.00. The number of tetrazole rings is 1. The van der Waals surface area contributed by atoms with Gasteiger partial charge in [-0.2, -0.15) is 0 Å². The van der Waals surface area contributed by atoms with Crippen molar-refractivity contribution < 1.29 is 0 Å². The molecule has 1 saturated heterocycles. The van der Waals surface area contributed by atoms with Crippen LogP contribution in [-0.2, 0) is 0 Å². The minimum atomic E-state index is -0.247. The summed E-state index contributed by atoms with van der Waals surface area (Å²) in [7, 11) is 0. The zero-order chi connectivity index (χ0) is 21.4. The van der Waals surface area contributed by atoms with E-state index < -0.39 is 0 Å². The first-order chi connectivity index (χ1) is 15.1. The number of piperazine rings is 1. The largest absolute Gasteiger partial charge is 0.322 e. The van der Waals surface area contributed by atoms with Gasteiger partial charge in [-0.1, -0.05) is 31.4 Å². The number of aryl methyl sites for hydroxylation is 1. The number of aromatic nitrogens is 5. The Morgan fingerprint density at radius 1 is 1.13 bits per heavy atom. The molecule has 3 heterocycles. The topological polar surface area (TPSA) is 82.9 Å². The molecule has 31 heavy (non-hydrogen) atoms. The summed E-state index contributed by atoms with van der Waals surface area (Å²) in [5, 5.41) is 14.0. The number of H-pyrrole nitrogens is 1. The molecule has 1 aliphatic carbocycles. The predicted octanol–water partition coefficient (Wildman–Crippen LogP) is 2.67. The van der Waals surface area contributed by atoms with E-state index >= 15 is 0 Å². The van der Waals surface area contributed by atoms with Crippen LogP contribution in [0.1, 0.15) is 61.6 Å². The Labute approximate surface area is 182 Å². The smallest absolute Gasteiger partial charge is 0.253 e. The quantitative estimate of drug-likeness (QED) is 0.682. The second kappa shape index (κ2) is 8.51. The van der Waals surface area contributed by atoms with Crippen molar-refractivity contribution in [2.75, 3.05) is 32.7 Å². The van der Waals surface area contributed by atoms with Gasteiger partial charge in [0.2, 0.25) is 0 Å². The zero-order valence-corrected chi connectivity index (χ0v) is 18.4. The van der Waals surface area contributed by atoms with Crippen molar-refractivity contribution in [3.63, 3.8) is 0 Å². The lowest BCUT2D eigenvalue weighted by atomic mass is 10.0. The van der Waals surface area contributed by atoms with Crippen LogP contribution in [0.2, 0.25) is 0 Å². The molecule has 1 aromatic carbocycles. The van der Waals surface area contributed by atoms with E-state index in [-0.39, 0.29) is 11.6 Å². The lowest BCUT2D eigenvalue weighted by molar-refractivity contribution is 0.107. The number of fused-ring (bicyclic) bond motifs is 1. The molecule has 1 N–H and O–H groups in total. The van der Waals surface area contributed by atoms with Crippen LogP contribution in [0.4, 0.5) is 0 Å². The number of nitrogens with zero attached hydrogens (tertiary/aromatic N) is 6. The van der Waals surface area contributed by atoms with Crippen molar-refractivity contribution in [2.45, 2.75) is 51.6 Å². The predicted molar refractivity (Wildman–Crippen MR) is 120 cm³/mol. The molecule has 8 heteroatoms. The first-order valence-corrected chi connectivity index (χ1v) is 11.5. The second-order valence-corrected chi connectivity index (χ2v) is 8.94. The lowest BCUT2D eigenvalue weighted by Gasteiger charge is -2.38. The molecule has 1 atom stereocenters. The molecule has 2 fully saturated rings. The zero-order valence-electron chi connectivity index (χ0n) is 18.4. The Morgan fingerprint density at radius 3 is 2.65 bits per heavy atom. The maximum Gasteiger partial charge on any atom is 0.253 e. The van der Waals surface area contributed by atoms with E-state index in [1.54, 1.807) is 0 Å². The van der Waals surface area contributed by atoms with Gasteiger partial charge in [0.15, 0.2) is 5.82 Å². The van der Waals surface area contributed by atoms with Gasteiger partial charge in [0.1, 0.15) is 6.04 Å². The standard InChI is InChI=1S/C23H31N7O/c1-3-28-10-12-29(13-11-28)21(22-25-26-27-30(22)18-6-4-5-7-18)19-15-17-14-16(2)8-9-20(17)24-23(19)31/h8-9,14-15,18,21H,3-7,10-13H2,1-2H3,(H,24,31). The summed E-state index contributed by atoms with van der Waals surface area (Å²) in [6.45, 7) is 9.08. The van der Waals surface area contributed by atoms with Gasteiger partial charge in [0, 0.05) is 37.3 Å². The van der Waals surface area contributed by atoms with Gasteiger partial charge in [-0.3, -0.25) is 9.69 Å². The minimum absolute atomic E-state index is 0.0553. The summed E-state index contributed by atoms with van der Waals surface area (Å²) in [5.41, 5.74) is 2.72. The molecule has 164 valence electrons. The summed E-state index contributed by atoms with van der Waals surface area (Å²) >= 11 is 0. The van der Waals surface area contributed by atoms with Crippen LogP contribution in [0, 0.1) is 6.92 Å². The third-order valence-corrected chi connectivity index (χ3v) is 6.98. The lowest BCUT2D eigenvalue weighted by Crippen LogP contribution is -2.49. The van der Waals surface area contributed by atoms with Crippen molar-refractivity contribution in [3.8, 4) is 0 Å². The summed E-state index contributed by atoms with van der Waals surface area (Å²) in [6, 6.07) is 8.26. The molecule has 0 spiro atoms. The molecular weight excluding hydrogens is 390 g/mol. The Balaban J connectivity index is 1.61. The van der Waals surface area contributed by atoms with Crippen LogP contribution >= 0.6 is 0 Å². The maximum atomic E-state index is 13.3. The van der Waals surface area contributed by atoms with Crippen LogP contribution in [-0.4, -0.2) is 67.7 Å². The van der Waals surface area contributed by atoms with Crippen molar-refractivity contribution >= 4 is 10.9 Å². The van der Waals surface area contributed by atoms with Crippen LogP contribution < -0.4 is 5.56 Å². The fourth-order valence-electron chi connectivity index (χ4n) is 5.17. The van der Waals surface area contributed by atoms with Gasteiger partial charge < -0.3 is 9.88 Å². The summed E-state index contributed by atoms with van der Waals surface area (Å²) in [6.07, 6.45) is 4.61. The average molecular weight is 422 g/mol. The van der Waals surface area contributed by atoms with E-state index in [1.165, 1.54) is 18.4 Å². The highest BCUT2D eigenvalue weighted by Gasteiger charge is 2.34. The molecule has 8 nitrogen and oxygen atoms in total. The van der Waals surface area contributed by atoms with E-state index in [0.717, 1.165) is 67.9 Å². The molecule has 1 unspecified atom stereocenters. The average Bonchev–Trinajstić information content (AvgIpc) is 3.47. The maximum absolute atomic E-state index is 13.3. The highest BCUT2D eigenvalue weighted by Crippen LogP contribution is 2.34. The van der Waals surface area contributed by atoms with Crippen molar-refractivity contribution in [1.29, 1.82) is 0 Å². The van der Waals surface area contributed by atoms with Gasteiger partial charge in [-0.05, 0) is 60.3 Å². The number of benzene rings is 1. The molecule has 0 amide bonds. The van der Waals surface area contributed by atoms with Crippen LogP contribution in [0.5, 0.6) is 0 Å². The van der Waals surface area contributed by atoms with E-state index in [0.29, 0.717) is 6.04 Å². The fourth-order valence-corrected chi connectivity index (χ4v) is 5.17. The Kier molecular flexibility index (Phi) is 5.58. The van der Waals surface area contributed by atoms with Crippen molar-refractivity contribution in [3.05, 3.63) is 51.6 Å². The van der Waals surface area contributed by atoms with E-state index in [1.807, 2.05) is 22.9 Å². The third-order valence-electron chi connectivity index (χ3n) is 6.98. The highest BCUT2D eigenvalue weighted by molar-refractivity contribution is 5.79. The number of hydrogen-bond donors (Lipinski definition) is 1. The Morgan fingerprint density at radius 2 is 1.90 bits per heavy atom. The summed E-state index contributed by atoms with van der Waals surface area (Å²) in [4.78, 5) is 21.2. The molecule has 1 aliphatic heterocycles. The highest BCUT2D eigenvalue weighted by atomic mass is 16.1. The molecule has 3 aromatic rings. The number of rotatable bonds is 5. The van der Waals surface area contributed by atoms with Crippen molar-refractivity contribution in [2.24, 2.45) is 0 Å². The molecule has 2 aliphatic rings. The van der Waals surface area contributed by atoms with Gasteiger partial charge in [0.05, 0.1) is 6.04 Å². The molecule has 0 radical (unpaired) electrons. The van der Waals surface area contributed by atoms with E-state index in [2.05, 4.69) is 50.2 Å². The van der Waals surface area contributed by atoms with Gasteiger partial charge in [-0.25, -0.2) is 4.68 Å². The number of hydrogen-bond acceptors (Lipinski definition) is 6. The summed E-state index contributed by atoms with van der Waals surface area (Å²) in [5.74, 6) is 0.800. The van der Waals surface area contributed by atoms with Crippen LogP contribution in [0.25, 0.3) is 10.9 Å². The first-order valence-electron chi connectivity index (χ1n) is 11.5. The number of likely N-dealkylation sites (N-methyl/N-ethyl adjacent to an activating group) is 1. The van der Waals surface area contributed by atoms with Gasteiger partial charge in [-0.15, -0.1) is 5.10 Å². The molecule has 1 saturated carbocycles. The Hall–Kier alpha value is -2.58. The van der Waals surface area contributed by atoms with Gasteiger partial charge in [0.25, 0.3) is 5.56 Å². The third kappa shape index (κ3) is 3.90. The molecule has 5 rings (SSSR count). The van der Waals surface area contributed by atoms with Crippen molar-refractivity contribution in [1.82, 2.24) is 35.0 Å². The van der Waals surface area contributed by atoms with Gasteiger partial charge >= 0.3 is 0 Å². The van der Waals surface area contributed by atoms with Crippen LogP contribution in [0.3, 0.4) is 0 Å². The molecule has 2 aromatic heterocycles. The Bertz CT molecular complexity index is 1110. The first kappa shape index (κ1) is 20.3. The van der Waals surface area contributed by atoms with E-state index in [9.17, 15) is 4.79 Å². The molecule has 0 bridgehead atoms. The number of pyridine rings is 1. The number of aromatic amines is 1. The fraction of sp³-hybridized carbons (Fsp3) is 0.565. The SMILES string of the molecule is CCN1CCN(C(c2cc3cc(C)ccc3[nH]c2=O)c2nnnn2C2CCCC2)CC1. The van der Waals surface area contributed by atoms with Crippen LogP contribution in [0.15, 0.2) is 29.1 Å². The normalized spacial score (nSPS) is 19.9. The molecular formula is C23H31N7O. The second-order valence-electron chi connectivity index (χ2n) is 8.94. The minimum Gasteiger partial charge on any atom is -0.322 e. The number of nitrogens with one attached hydrogen (secondary N) is 1. The van der Waals surface area contributed by atoms with E-state index in [4.69, 9.17) is 0 Å². The monoisotopic (exact) mass is 421 g/mol.